The van der Waals surface area contributed by atoms with Gasteiger partial charge in [0.25, 0.3) is 0 Å². The van der Waals surface area contributed by atoms with Crippen LogP contribution in [0.4, 0.5) is 0 Å². The summed E-state index contributed by atoms with van der Waals surface area (Å²) < 4.78 is 6.02. The molecule has 0 heterocycles. The predicted molar refractivity (Wildman–Crippen MR) is 137 cm³/mol. The van der Waals surface area contributed by atoms with Crippen molar-refractivity contribution in [3.63, 3.8) is 0 Å². The molecule has 178 valence electrons. The Bertz CT molecular complexity index is 983. The number of ether oxygens (including phenoxy) is 1. The maximum absolute atomic E-state index is 13.6. The molecule has 4 heteroatoms. The van der Waals surface area contributed by atoms with Gasteiger partial charge in [0.2, 0.25) is 0 Å². The summed E-state index contributed by atoms with van der Waals surface area (Å²) in [7, 11) is 0. The molecule has 0 saturated heterocycles. The van der Waals surface area contributed by atoms with Gasteiger partial charge in [-0.25, -0.2) is 0 Å². The molecule has 0 N–H and O–H groups in total. The van der Waals surface area contributed by atoms with Crippen molar-refractivity contribution in [2.24, 2.45) is 11.1 Å². The fourth-order valence-electron chi connectivity index (χ4n) is 3.75. The van der Waals surface area contributed by atoms with E-state index >= 15 is 0 Å². The van der Waals surface area contributed by atoms with Crippen molar-refractivity contribution in [2.45, 2.75) is 84.8 Å². The highest BCUT2D eigenvalue weighted by Gasteiger charge is 2.27. The Morgan fingerprint density at radius 1 is 1.06 bits per heavy atom. The topological polar surface area (TPSA) is 55.7 Å². The van der Waals surface area contributed by atoms with Crippen molar-refractivity contribution in [3.8, 4) is 5.75 Å². The van der Waals surface area contributed by atoms with E-state index in [9.17, 15) is 9.70 Å². The lowest BCUT2D eigenvalue weighted by atomic mass is 9.76. The van der Waals surface area contributed by atoms with Crippen molar-refractivity contribution in [1.29, 1.82) is 0 Å². The summed E-state index contributed by atoms with van der Waals surface area (Å²) in [4.78, 5) is 24.5. The predicted octanol–water partition coefficient (Wildman–Crippen LogP) is 7.63. The molecule has 0 aliphatic carbocycles. The number of hydrogen-bond donors (Lipinski definition) is 0. The van der Waals surface area contributed by atoms with E-state index < -0.39 is 0 Å². The molecule has 4 nitrogen and oxygen atoms in total. The molecule has 0 aromatic heterocycles. The lowest BCUT2D eigenvalue weighted by Gasteiger charge is -2.28. The molecule has 0 fully saturated rings. The zero-order valence-corrected chi connectivity index (χ0v) is 21.4. The molecule has 0 radical (unpaired) electrons. The van der Waals surface area contributed by atoms with Gasteiger partial charge in [0.15, 0.2) is 5.78 Å². The van der Waals surface area contributed by atoms with Gasteiger partial charge in [-0.15, -0.1) is 0 Å². The molecule has 0 amide bonds. The number of rotatable bonds is 10. The van der Waals surface area contributed by atoms with E-state index in [1.165, 1.54) is 5.56 Å². The Kier molecular flexibility index (Phi) is 8.40. The molecule has 0 spiro atoms. The zero-order chi connectivity index (χ0) is 25.0. The van der Waals surface area contributed by atoms with E-state index in [0.717, 1.165) is 17.5 Å². The van der Waals surface area contributed by atoms with Crippen LogP contribution in [0, 0.1) is 10.8 Å². The van der Waals surface area contributed by atoms with E-state index in [-0.39, 0.29) is 34.7 Å². The molecule has 0 aliphatic heterocycles. The molecule has 0 bridgehead atoms. The van der Waals surface area contributed by atoms with E-state index in [4.69, 9.17) is 4.74 Å². The summed E-state index contributed by atoms with van der Waals surface area (Å²) in [5, 5.41) is 3.11. The van der Waals surface area contributed by atoms with Crippen LogP contribution in [-0.2, 0) is 10.8 Å². The molecule has 0 saturated carbocycles. The molecule has 2 aromatic rings. The largest absolute Gasteiger partial charge is 0.486 e. The fourth-order valence-corrected chi connectivity index (χ4v) is 3.75. The van der Waals surface area contributed by atoms with Crippen molar-refractivity contribution in [3.05, 3.63) is 82.3 Å². The lowest BCUT2D eigenvalue weighted by Crippen LogP contribution is -2.29. The highest BCUT2D eigenvalue weighted by Crippen LogP contribution is 2.34. The van der Waals surface area contributed by atoms with Crippen molar-refractivity contribution < 1.29 is 9.53 Å². The third kappa shape index (κ3) is 6.19. The fraction of sp³-hybridized carbons (Fsp3) is 0.483. The molecule has 3 atom stereocenters. The summed E-state index contributed by atoms with van der Waals surface area (Å²) in [6.07, 6.45) is 2.32. The van der Waals surface area contributed by atoms with Gasteiger partial charge in [0, 0.05) is 17.0 Å². The van der Waals surface area contributed by atoms with Crippen molar-refractivity contribution in [2.75, 3.05) is 0 Å². The van der Waals surface area contributed by atoms with Gasteiger partial charge in [-0.1, -0.05) is 78.4 Å². The van der Waals surface area contributed by atoms with Crippen LogP contribution < -0.4 is 4.74 Å². The normalized spacial score (nSPS) is 14.8. The smallest absolute Gasteiger partial charge is 0.193 e. The average Bonchev–Trinajstić information content (AvgIpc) is 2.80. The highest BCUT2D eigenvalue weighted by molar-refractivity contribution is 6.10. The van der Waals surface area contributed by atoms with E-state index in [1.807, 2.05) is 6.92 Å². The van der Waals surface area contributed by atoms with Gasteiger partial charge in [-0.05, 0) is 65.6 Å². The number of benzene rings is 2. The molecule has 33 heavy (non-hydrogen) atoms. The number of ketones is 1. The minimum atomic E-state index is -0.385. The van der Waals surface area contributed by atoms with Crippen LogP contribution in [0.15, 0.2) is 60.3 Å². The number of hydrogen-bond acceptors (Lipinski definition) is 4. The first-order chi connectivity index (χ1) is 15.3. The first-order valence-electron chi connectivity index (χ1n) is 11.8. The zero-order valence-electron chi connectivity index (χ0n) is 21.4. The minimum Gasteiger partial charge on any atom is -0.486 e. The van der Waals surface area contributed by atoms with Crippen LogP contribution in [0.5, 0.6) is 5.75 Å². The van der Waals surface area contributed by atoms with Gasteiger partial charge in [0.05, 0.1) is 6.04 Å². The van der Waals surface area contributed by atoms with Gasteiger partial charge in [-0.2, -0.15) is 4.91 Å². The minimum absolute atomic E-state index is 0.00690. The van der Waals surface area contributed by atoms with Crippen molar-refractivity contribution >= 4 is 5.78 Å². The summed E-state index contributed by atoms with van der Waals surface area (Å²) in [5.41, 5.74) is 3.41. The van der Waals surface area contributed by atoms with Gasteiger partial charge in [-0.3, -0.25) is 4.79 Å². The van der Waals surface area contributed by atoms with Crippen LogP contribution in [0.1, 0.15) is 88.9 Å². The third-order valence-corrected chi connectivity index (χ3v) is 6.80. The summed E-state index contributed by atoms with van der Waals surface area (Å²) in [6, 6.07) is 13.1. The van der Waals surface area contributed by atoms with Gasteiger partial charge in [0.1, 0.15) is 11.9 Å². The molecular weight excluding hydrogens is 410 g/mol. The maximum atomic E-state index is 13.6. The number of carbonyl (C=O) groups excluding carboxylic acids is 1. The molecule has 2 aromatic carbocycles. The first kappa shape index (κ1) is 26.5. The standard InChI is InChI=1S/C29H39NO3/c1-10-26(19(3)20(4)30-32)33-23-15-12-21(13-16-23)27(31)24-18-22(29(8,9)11-2)14-17-25(24)28(5,6)7/h10,12-20,26H,1,11H2,2-9H3/t19-,20-,26?/m1/s1. The Morgan fingerprint density at radius 2 is 1.67 bits per heavy atom. The lowest BCUT2D eigenvalue weighted by molar-refractivity contribution is 0.103. The van der Waals surface area contributed by atoms with Gasteiger partial charge >= 0.3 is 0 Å². The van der Waals surface area contributed by atoms with Crippen LogP contribution in [0.3, 0.4) is 0 Å². The number of nitrogens with zero attached hydrogens (tertiary/aromatic N) is 1. The monoisotopic (exact) mass is 449 g/mol. The second kappa shape index (κ2) is 10.5. The second-order valence-electron chi connectivity index (χ2n) is 10.6. The van der Waals surface area contributed by atoms with Crippen LogP contribution in [0.2, 0.25) is 0 Å². The van der Waals surface area contributed by atoms with E-state index in [1.54, 1.807) is 37.3 Å². The quantitative estimate of drug-likeness (QED) is 0.213. The molecule has 0 aliphatic rings. The van der Waals surface area contributed by atoms with Gasteiger partial charge < -0.3 is 4.74 Å². The summed E-state index contributed by atoms with van der Waals surface area (Å²) in [6.45, 7) is 20.5. The van der Waals surface area contributed by atoms with E-state index in [0.29, 0.717) is 11.3 Å². The summed E-state index contributed by atoms with van der Waals surface area (Å²) >= 11 is 0. The highest BCUT2D eigenvalue weighted by atomic mass is 16.5. The third-order valence-electron chi connectivity index (χ3n) is 6.80. The van der Waals surface area contributed by atoms with Crippen LogP contribution in [-0.4, -0.2) is 17.9 Å². The molecular formula is C29H39NO3. The SMILES string of the molecule is C=CC(Oc1ccc(C(=O)c2cc(C(C)(C)CC)ccc2C(C)(C)C)cc1)[C@H](C)[C@@H](C)N=O. The van der Waals surface area contributed by atoms with Crippen LogP contribution >= 0.6 is 0 Å². The maximum Gasteiger partial charge on any atom is 0.193 e. The van der Waals surface area contributed by atoms with E-state index in [2.05, 4.69) is 71.5 Å². The first-order valence-corrected chi connectivity index (χ1v) is 11.8. The molecule has 1 unspecified atom stereocenters. The Morgan fingerprint density at radius 3 is 2.15 bits per heavy atom. The molecule has 2 rings (SSSR count). The van der Waals surface area contributed by atoms with Crippen molar-refractivity contribution in [1.82, 2.24) is 0 Å². The average molecular weight is 450 g/mol. The Balaban J connectivity index is 2.38. The Labute approximate surface area is 199 Å². The number of nitroso groups, excluding NO2 is 1. The summed E-state index contributed by atoms with van der Waals surface area (Å²) in [5.74, 6) is 0.520. The second-order valence-corrected chi connectivity index (χ2v) is 10.6. The Hall–Kier alpha value is -2.75. The van der Waals surface area contributed by atoms with Crippen LogP contribution in [0.25, 0.3) is 0 Å². The number of carbonyl (C=O) groups is 1.